The predicted octanol–water partition coefficient (Wildman–Crippen LogP) is 0.984. The number of carbonyl (C=O) groups excluding carboxylic acids is 3. The summed E-state index contributed by atoms with van der Waals surface area (Å²) in [5, 5.41) is 9.17. The molecule has 1 aliphatic rings. The fraction of sp³-hybridized carbons (Fsp3) is 0.556. The van der Waals surface area contributed by atoms with E-state index < -0.39 is 24.0 Å². The molecule has 2 aromatic heterocycles. The van der Waals surface area contributed by atoms with E-state index in [1.165, 1.54) is 6.92 Å². The van der Waals surface area contributed by atoms with Gasteiger partial charge in [0.15, 0.2) is 11.9 Å². The Morgan fingerprint density at radius 3 is 2.68 bits per heavy atom. The minimum absolute atomic E-state index is 0.0903. The lowest BCUT2D eigenvalue weighted by molar-refractivity contribution is -0.153. The van der Waals surface area contributed by atoms with E-state index in [-0.39, 0.29) is 18.3 Å². The van der Waals surface area contributed by atoms with Crippen LogP contribution in [0.5, 0.6) is 0 Å². The Balaban J connectivity index is 1.51. The van der Waals surface area contributed by atoms with Gasteiger partial charge in [0.2, 0.25) is 0 Å². The fourth-order valence-corrected chi connectivity index (χ4v) is 3.21. The number of aromatic nitrogens is 4. The summed E-state index contributed by atoms with van der Waals surface area (Å²) in [7, 11) is 0. The number of esters is 1. The largest absolute Gasteiger partial charge is 0.452 e. The summed E-state index contributed by atoms with van der Waals surface area (Å²) in [6, 6.07) is 1.37. The van der Waals surface area contributed by atoms with Crippen LogP contribution in [0.2, 0.25) is 0 Å². The first-order chi connectivity index (χ1) is 13.3. The smallest absolute Gasteiger partial charge is 0.321 e. The van der Waals surface area contributed by atoms with Gasteiger partial charge in [0.1, 0.15) is 6.42 Å². The van der Waals surface area contributed by atoms with E-state index in [1.807, 2.05) is 19.9 Å². The topological polar surface area (TPSA) is 128 Å². The Hall–Kier alpha value is -3.04. The van der Waals surface area contributed by atoms with Crippen LogP contribution in [0.3, 0.4) is 0 Å². The van der Waals surface area contributed by atoms with Crippen molar-refractivity contribution >= 4 is 23.7 Å². The molecule has 0 saturated heterocycles. The zero-order chi connectivity index (χ0) is 20.3. The molecule has 0 aromatic carbocycles. The zero-order valence-corrected chi connectivity index (χ0v) is 16.2. The molecule has 1 saturated carbocycles. The number of nitrogens with one attached hydrogen (secondary N) is 2. The third-order valence-electron chi connectivity index (χ3n) is 4.57. The van der Waals surface area contributed by atoms with Crippen LogP contribution in [-0.2, 0) is 20.7 Å². The molecule has 0 radical (unpaired) electrons. The molecule has 28 heavy (non-hydrogen) atoms. The minimum atomic E-state index is -1.11. The van der Waals surface area contributed by atoms with Crippen LogP contribution in [0.4, 0.5) is 4.79 Å². The molecule has 2 aromatic rings. The number of fused-ring (bicyclic) bond motifs is 1. The molecule has 1 aliphatic carbocycles. The van der Waals surface area contributed by atoms with Crippen LogP contribution >= 0.6 is 0 Å². The van der Waals surface area contributed by atoms with Gasteiger partial charge >= 0.3 is 12.0 Å². The molecule has 2 heterocycles. The van der Waals surface area contributed by atoms with Gasteiger partial charge in [0, 0.05) is 17.4 Å². The Morgan fingerprint density at radius 2 is 1.96 bits per heavy atom. The molecule has 0 spiro atoms. The van der Waals surface area contributed by atoms with Crippen LogP contribution in [0.1, 0.15) is 49.8 Å². The van der Waals surface area contributed by atoms with Gasteiger partial charge in [-0.25, -0.2) is 14.3 Å². The second kappa shape index (κ2) is 8.32. The van der Waals surface area contributed by atoms with E-state index in [9.17, 15) is 14.4 Å². The van der Waals surface area contributed by atoms with Crippen molar-refractivity contribution in [3.63, 3.8) is 0 Å². The van der Waals surface area contributed by atoms with Crippen LogP contribution < -0.4 is 10.6 Å². The third-order valence-corrected chi connectivity index (χ3v) is 4.57. The monoisotopic (exact) mass is 388 g/mol. The summed E-state index contributed by atoms with van der Waals surface area (Å²) in [6.07, 6.45) is 2.64. The Labute approximate surface area is 162 Å². The fourth-order valence-electron chi connectivity index (χ4n) is 3.21. The summed E-state index contributed by atoms with van der Waals surface area (Å²) in [6.45, 7) is 5.11. The molecule has 10 nitrogen and oxygen atoms in total. The first-order valence-electron chi connectivity index (χ1n) is 9.32. The summed E-state index contributed by atoms with van der Waals surface area (Å²) in [4.78, 5) is 44.5. The second-order valence-electron chi connectivity index (χ2n) is 7.03. The lowest BCUT2D eigenvalue weighted by atomic mass is 10.2. The van der Waals surface area contributed by atoms with E-state index in [1.54, 1.807) is 4.52 Å². The number of aryl methyl sites for hydroxylation is 2. The number of ether oxygens (including phenoxy) is 1. The lowest BCUT2D eigenvalue weighted by Gasteiger charge is -2.15. The second-order valence-corrected chi connectivity index (χ2v) is 7.03. The number of imide groups is 1. The highest BCUT2D eigenvalue weighted by Gasteiger charge is 2.23. The van der Waals surface area contributed by atoms with Gasteiger partial charge in [0.05, 0.1) is 0 Å². The van der Waals surface area contributed by atoms with E-state index >= 15 is 0 Å². The van der Waals surface area contributed by atoms with Crippen molar-refractivity contribution in [3.8, 4) is 0 Å². The average Bonchev–Trinajstić information content (AvgIpc) is 3.23. The van der Waals surface area contributed by atoms with Crippen molar-refractivity contribution in [2.45, 2.75) is 65.0 Å². The number of urea groups is 1. The van der Waals surface area contributed by atoms with Gasteiger partial charge in [-0.1, -0.05) is 12.8 Å². The van der Waals surface area contributed by atoms with Crippen molar-refractivity contribution in [2.24, 2.45) is 0 Å². The average molecular weight is 388 g/mol. The first kappa shape index (κ1) is 19.7. The number of rotatable bonds is 5. The van der Waals surface area contributed by atoms with E-state index in [4.69, 9.17) is 4.74 Å². The highest BCUT2D eigenvalue weighted by molar-refractivity contribution is 5.97. The number of hydrogen-bond donors (Lipinski definition) is 2. The summed E-state index contributed by atoms with van der Waals surface area (Å²) >= 11 is 0. The number of nitrogens with zero attached hydrogens (tertiary/aromatic N) is 4. The van der Waals surface area contributed by atoms with Crippen LogP contribution in [0, 0.1) is 13.8 Å². The molecule has 1 atom stereocenters. The summed E-state index contributed by atoms with van der Waals surface area (Å²) in [5.41, 5.74) is 1.64. The highest BCUT2D eigenvalue weighted by atomic mass is 16.5. The molecule has 2 N–H and O–H groups in total. The molecule has 1 unspecified atom stereocenters. The van der Waals surface area contributed by atoms with Gasteiger partial charge in [-0.2, -0.15) is 4.98 Å². The zero-order valence-electron chi connectivity index (χ0n) is 16.2. The molecule has 10 heteroatoms. The Kier molecular flexibility index (Phi) is 5.86. The van der Waals surface area contributed by atoms with Crippen LogP contribution in [-0.4, -0.2) is 49.6 Å². The van der Waals surface area contributed by atoms with E-state index in [0.29, 0.717) is 5.78 Å². The maximum absolute atomic E-state index is 12.1. The predicted molar refractivity (Wildman–Crippen MR) is 98.4 cm³/mol. The van der Waals surface area contributed by atoms with E-state index in [2.05, 4.69) is 25.7 Å². The molecular formula is C18H24N6O4. The van der Waals surface area contributed by atoms with Gasteiger partial charge in [-0.15, -0.1) is 5.10 Å². The first-order valence-corrected chi connectivity index (χ1v) is 9.32. The van der Waals surface area contributed by atoms with Crippen LogP contribution in [0.15, 0.2) is 6.07 Å². The molecule has 1 fully saturated rings. The minimum Gasteiger partial charge on any atom is -0.452 e. The normalized spacial score (nSPS) is 15.4. The van der Waals surface area contributed by atoms with Crippen molar-refractivity contribution in [2.75, 3.05) is 0 Å². The number of hydrogen-bond acceptors (Lipinski definition) is 7. The van der Waals surface area contributed by atoms with Crippen molar-refractivity contribution in [1.29, 1.82) is 0 Å². The standard InChI is InChI=1S/C18H24N6O4/c1-10-8-11(2)24-17(19-10)21-14(23-24)9-15(25)28-12(3)16(26)22-18(27)20-13-6-4-5-7-13/h8,12-13H,4-7,9H2,1-3H3,(H2,20,22,26,27). The van der Waals surface area contributed by atoms with Gasteiger partial charge in [-0.3, -0.25) is 14.9 Å². The molecule has 0 aliphatic heterocycles. The van der Waals surface area contributed by atoms with Crippen LogP contribution in [0.25, 0.3) is 5.78 Å². The van der Waals surface area contributed by atoms with Gasteiger partial charge < -0.3 is 10.1 Å². The highest BCUT2D eigenvalue weighted by Crippen LogP contribution is 2.17. The molecule has 0 bridgehead atoms. The van der Waals surface area contributed by atoms with Gasteiger partial charge in [-0.05, 0) is 39.7 Å². The maximum atomic E-state index is 12.1. The SMILES string of the molecule is Cc1cc(C)n2nc(CC(=O)OC(C)C(=O)NC(=O)NC3CCCC3)nc2n1. The molecule has 150 valence electrons. The van der Waals surface area contributed by atoms with Gasteiger partial charge in [0.25, 0.3) is 11.7 Å². The molecule has 3 amide bonds. The molecular weight excluding hydrogens is 364 g/mol. The summed E-state index contributed by atoms with van der Waals surface area (Å²) in [5.74, 6) is -0.698. The third kappa shape index (κ3) is 4.81. The Bertz CT molecular complexity index is 903. The number of carbonyl (C=O) groups is 3. The van der Waals surface area contributed by atoms with Crippen molar-refractivity contribution < 1.29 is 19.1 Å². The maximum Gasteiger partial charge on any atom is 0.321 e. The quantitative estimate of drug-likeness (QED) is 0.731. The van der Waals surface area contributed by atoms with E-state index in [0.717, 1.165) is 37.1 Å². The number of amides is 3. The Morgan fingerprint density at radius 1 is 1.25 bits per heavy atom. The van der Waals surface area contributed by atoms with Crippen molar-refractivity contribution in [3.05, 3.63) is 23.3 Å². The summed E-state index contributed by atoms with van der Waals surface area (Å²) < 4.78 is 6.64. The molecule has 3 rings (SSSR count). The lowest BCUT2D eigenvalue weighted by Crippen LogP contribution is -2.47. The van der Waals surface area contributed by atoms with Crippen molar-refractivity contribution in [1.82, 2.24) is 30.2 Å².